The molecule has 0 radical (unpaired) electrons. The Bertz CT molecular complexity index is 1220. The van der Waals surface area contributed by atoms with Crippen molar-refractivity contribution in [1.29, 1.82) is 0 Å². The topological polar surface area (TPSA) is 68.7 Å². The van der Waals surface area contributed by atoms with Crippen molar-refractivity contribution >= 4 is 5.97 Å². The van der Waals surface area contributed by atoms with Crippen molar-refractivity contribution in [3.05, 3.63) is 77.0 Å². The Balaban J connectivity index is 0.00000118. The van der Waals surface area contributed by atoms with Crippen molar-refractivity contribution in [2.24, 2.45) is 5.41 Å². The number of aryl methyl sites for hydroxylation is 1. The predicted molar refractivity (Wildman–Crippen MR) is 140 cm³/mol. The van der Waals surface area contributed by atoms with E-state index in [0.717, 1.165) is 22.9 Å². The number of ether oxygens (including phenoxy) is 2. The fraction of sp³-hybridized carbons (Fsp3) is 0.400. The lowest BCUT2D eigenvalue weighted by molar-refractivity contribution is -0.136. The van der Waals surface area contributed by atoms with Crippen molar-refractivity contribution < 1.29 is 28.2 Å². The molecule has 1 aliphatic rings. The van der Waals surface area contributed by atoms with Crippen molar-refractivity contribution in [2.45, 2.75) is 65.9 Å². The summed E-state index contributed by atoms with van der Waals surface area (Å²) in [7, 11) is 1.48. The van der Waals surface area contributed by atoms with Crippen LogP contribution in [0.3, 0.4) is 0 Å². The summed E-state index contributed by atoms with van der Waals surface area (Å²) in [6.45, 7) is 6.41. The zero-order chi connectivity index (χ0) is 27.0. The first-order valence-electron chi connectivity index (χ1n) is 12.5. The van der Waals surface area contributed by atoms with E-state index in [0.29, 0.717) is 23.4 Å². The Morgan fingerprint density at radius 1 is 1.03 bits per heavy atom. The summed E-state index contributed by atoms with van der Waals surface area (Å²) < 4.78 is 40.3. The number of hydrogen-bond donors (Lipinski definition) is 1. The van der Waals surface area contributed by atoms with Crippen LogP contribution in [-0.4, -0.2) is 23.2 Å². The van der Waals surface area contributed by atoms with Crippen LogP contribution in [0.15, 0.2) is 48.7 Å². The summed E-state index contributed by atoms with van der Waals surface area (Å²) in [5.74, 6) is -1.60. The normalized spacial score (nSPS) is 12.4. The second-order valence-corrected chi connectivity index (χ2v) is 10.4. The first-order chi connectivity index (χ1) is 17.6. The van der Waals surface area contributed by atoms with E-state index in [-0.39, 0.29) is 30.6 Å². The Morgan fingerprint density at radius 3 is 2.38 bits per heavy atom. The minimum absolute atomic E-state index is 0.0631. The Labute approximate surface area is 217 Å². The van der Waals surface area contributed by atoms with E-state index < -0.39 is 17.6 Å². The molecular formula is C30H35F2NO4. The molecule has 2 aromatic carbocycles. The summed E-state index contributed by atoms with van der Waals surface area (Å²) >= 11 is 0. The minimum atomic E-state index is -0.986. The van der Waals surface area contributed by atoms with Crippen LogP contribution in [0.5, 0.6) is 11.6 Å². The van der Waals surface area contributed by atoms with Crippen LogP contribution < -0.4 is 9.47 Å². The SMILES string of the molecule is C1CC1.COc1cc(-c2ccc(COc3cccc(CCC(=O)O)c3F)cc2CC(C)(C)C)c(F)cn1. The number of rotatable bonds is 9. The van der Waals surface area contributed by atoms with Gasteiger partial charge in [-0.05, 0) is 46.6 Å². The molecule has 1 heterocycles. The number of carboxylic acid groups (broad SMARTS) is 1. The van der Waals surface area contributed by atoms with Gasteiger partial charge in [0.05, 0.1) is 13.3 Å². The molecule has 0 spiro atoms. The van der Waals surface area contributed by atoms with Crippen LogP contribution in [0, 0.1) is 17.0 Å². The summed E-state index contributed by atoms with van der Waals surface area (Å²) in [5, 5.41) is 8.86. The van der Waals surface area contributed by atoms with Crippen molar-refractivity contribution in [3.63, 3.8) is 0 Å². The van der Waals surface area contributed by atoms with Crippen LogP contribution in [-0.2, 0) is 24.2 Å². The molecule has 5 nitrogen and oxygen atoms in total. The average Bonchev–Trinajstić information content (AvgIpc) is 3.72. The van der Waals surface area contributed by atoms with E-state index in [9.17, 15) is 13.6 Å². The zero-order valence-electron chi connectivity index (χ0n) is 21.9. The number of carboxylic acids is 1. The number of halogens is 2. The van der Waals surface area contributed by atoms with Crippen molar-refractivity contribution in [1.82, 2.24) is 4.98 Å². The second kappa shape index (κ2) is 12.7. The third-order valence-electron chi connectivity index (χ3n) is 5.62. The van der Waals surface area contributed by atoms with Gasteiger partial charge in [0.2, 0.25) is 5.88 Å². The lowest BCUT2D eigenvalue weighted by Gasteiger charge is -2.22. The number of aromatic nitrogens is 1. The van der Waals surface area contributed by atoms with E-state index in [4.69, 9.17) is 14.6 Å². The smallest absolute Gasteiger partial charge is 0.303 e. The molecule has 1 saturated carbocycles. The number of nitrogens with zero attached hydrogens (tertiary/aromatic N) is 1. The molecule has 0 amide bonds. The predicted octanol–water partition coefficient (Wildman–Crippen LogP) is 7.39. The molecule has 1 N–H and O–H groups in total. The molecule has 1 fully saturated rings. The lowest BCUT2D eigenvalue weighted by atomic mass is 9.84. The molecule has 4 rings (SSSR count). The van der Waals surface area contributed by atoms with Crippen molar-refractivity contribution in [2.75, 3.05) is 7.11 Å². The van der Waals surface area contributed by atoms with E-state index in [2.05, 4.69) is 25.8 Å². The maximum Gasteiger partial charge on any atom is 0.303 e. The summed E-state index contributed by atoms with van der Waals surface area (Å²) in [6.07, 6.45) is 6.25. The van der Waals surface area contributed by atoms with E-state index >= 15 is 0 Å². The van der Waals surface area contributed by atoms with E-state index in [1.165, 1.54) is 32.4 Å². The Kier molecular flexibility index (Phi) is 9.61. The van der Waals surface area contributed by atoms with Gasteiger partial charge in [-0.15, -0.1) is 0 Å². The highest BCUT2D eigenvalue weighted by Crippen LogP contribution is 2.33. The molecule has 198 valence electrons. The van der Waals surface area contributed by atoms with Crippen LogP contribution in [0.1, 0.15) is 63.1 Å². The molecule has 0 bridgehead atoms. The molecule has 3 aromatic rings. The molecule has 0 saturated heterocycles. The lowest BCUT2D eigenvalue weighted by Crippen LogP contribution is -2.11. The van der Waals surface area contributed by atoms with Gasteiger partial charge in [0.25, 0.3) is 0 Å². The standard InChI is InChI=1S/C27H29F2NO4.C3H6/c1-27(2,3)14-19-12-17(8-10-20(19)21-13-24(33-4)30-15-22(21)28)16-34-23-7-5-6-18(26(23)29)9-11-25(31)32;1-2-3-1/h5-8,10,12-13,15H,9,11,14,16H2,1-4H3,(H,31,32);1-3H2. The first kappa shape index (κ1) is 28.1. The number of methoxy groups -OCH3 is 1. The number of carbonyl (C=O) groups is 1. The Hall–Kier alpha value is -3.48. The van der Waals surface area contributed by atoms with Crippen LogP contribution in [0.4, 0.5) is 8.78 Å². The van der Waals surface area contributed by atoms with Gasteiger partial charge in [-0.25, -0.2) is 13.8 Å². The second-order valence-electron chi connectivity index (χ2n) is 10.4. The number of aliphatic carboxylic acids is 1. The van der Waals surface area contributed by atoms with E-state index in [1.54, 1.807) is 18.2 Å². The molecule has 0 aliphatic heterocycles. The first-order valence-corrected chi connectivity index (χ1v) is 12.5. The zero-order valence-corrected chi connectivity index (χ0v) is 21.9. The highest BCUT2D eigenvalue weighted by atomic mass is 19.1. The van der Waals surface area contributed by atoms with Gasteiger partial charge in [-0.3, -0.25) is 4.79 Å². The number of pyridine rings is 1. The maximum atomic E-state index is 14.8. The van der Waals surface area contributed by atoms with Gasteiger partial charge in [-0.1, -0.05) is 70.4 Å². The average molecular weight is 512 g/mol. The summed E-state index contributed by atoms with van der Waals surface area (Å²) in [5.41, 5.74) is 3.10. The molecule has 37 heavy (non-hydrogen) atoms. The largest absolute Gasteiger partial charge is 0.486 e. The fourth-order valence-corrected chi connectivity index (χ4v) is 3.72. The van der Waals surface area contributed by atoms with Gasteiger partial charge in [0.1, 0.15) is 12.4 Å². The third kappa shape index (κ3) is 8.85. The van der Waals surface area contributed by atoms with Crippen LogP contribution in [0.25, 0.3) is 11.1 Å². The summed E-state index contributed by atoms with van der Waals surface area (Å²) in [4.78, 5) is 14.7. The summed E-state index contributed by atoms with van der Waals surface area (Å²) in [6, 6.07) is 11.9. The van der Waals surface area contributed by atoms with E-state index in [1.807, 2.05) is 18.2 Å². The number of benzene rings is 2. The van der Waals surface area contributed by atoms with Gasteiger partial charge in [0, 0.05) is 18.1 Å². The van der Waals surface area contributed by atoms with Gasteiger partial charge in [-0.2, -0.15) is 0 Å². The van der Waals surface area contributed by atoms with Gasteiger partial charge >= 0.3 is 5.97 Å². The highest BCUT2D eigenvalue weighted by molar-refractivity contribution is 5.69. The third-order valence-corrected chi connectivity index (χ3v) is 5.62. The van der Waals surface area contributed by atoms with Gasteiger partial charge < -0.3 is 14.6 Å². The monoisotopic (exact) mass is 511 g/mol. The fourth-order valence-electron chi connectivity index (χ4n) is 3.72. The van der Waals surface area contributed by atoms with Gasteiger partial charge in [0.15, 0.2) is 11.6 Å². The quantitative estimate of drug-likeness (QED) is 0.324. The minimum Gasteiger partial charge on any atom is -0.486 e. The Morgan fingerprint density at radius 2 is 1.76 bits per heavy atom. The molecule has 0 unspecified atom stereocenters. The van der Waals surface area contributed by atoms with Crippen molar-refractivity contribution in [3.8, 4) is 22.8 Å². The number of hydrogen-bond acceptors (Lipinski definition) is 4. The highest BCUT2D eigenvalue weighted by Gasteiger charge is 2.19. The van der Waals surface area contributed by atoms with Crippen LogP contribution >= 0.6 is 0 Å². The molecular weight excluding hydrogens is 476 g/mol. The molecule has 1 aromatic heterocycles. The molecule has 7 heteroatoms. The molecule has 1 aliphatic carbocycles. The molecule has 0 atom stereocenters. The van der Waals surface area contributed by atoms with Crippen LogP contribution in [0.2, 0.25) is 0 Å². The maximum absolute atomic E-state index is 14.8.